The van der Waals surface area contributed by atoms with Gasteiger partial charge in [-0.25, -0.2) is 23.9 Å². The first-order chi connectivity index (χ1) is 30.0. The summed E-state index contributed by atoms with van der Waals surface area (Å²) in [6, 6.07) is 19.4. The lowest BCUT2D eigenvalue weighted by Crippen LogP contribution is -2.51. The summed E-state index contributed by atoms with van der Waals surface area (Å²) in [6.07, 6.45) is 6.77. The largest absolute Gasteiger partial charge is 0.453 e. The van der Waals surface area contributed by atoms with E-state index in [1.807, 2.05) is 62.4 Å². The van der Waals surface area contributed by atoms with Crippen LogP contribution < -0.4 is 10.6 Å². The number of methoxy groups -OCH3 is 2. The summed E-state index contributed by atoms with van der Waals surface area (Å²) in [7, 11) is 2.53. The van der Waals surface area contributed by atoms with Gasteiger partial charge in [0.05, 0.1) is 49.4 Å². The number of ether oxygens (including phenoxy) is 2. The fourth-order valence-corrected chi connectivity index (χ4v) is 8.44. The molecule has 5 heterocycles. The van der Waals surface area contributed by atoms with Crippen LogP contribution in [0.1, 0.15) is 74.9 Å². The van der Waals surface area contributed by atoms with Crippen molar-refractivity contribution in [3.05, 3.63) is 114 Å². The first-order valence-corrected chi connectivity index (χ1v) is 20.7. The van der Waals surface area contributed by atoms with Crippen molar-refractivity contribution in [3.63, 3.8) is 0 Å². The molecule has 0 unspecified atom stereocenters. The van der Waals surface area contributed by atoms with E-state index < -0.39 is 30.1 Å². The summed E-state index contributed by atoms with van der Waals surface area (Å²) in [6.45, 7) is 4.77. The molecule has 0 bridgehead atoms. The second kappa shape index (κ2) is 17.9. The van der Waals surface area contributed by atoms with Crippen molar-refractivity contribution in [2.45, 2.75) is 63.7 Å². The molecule has 15 nitrogen and oxygen atoms in total. The van der Waals surface area contributed by atoms with Crippen LogP contribution in [-0.4, -0.2) is 92.1 Å². The lowest BCUT2D eigenvalue weighted by Gasteiger charge is -2.30. The van der Waals surface area contributed by atoms with E-state index in [1.54, 1.807) is 46.6 Å². The molecule has 3 aromatic carbocycles. The van der Waals surface area contributed by atoms with E-state index in [-0.39, 0.29) is 29.8 Å². The summed E-state index contributed by atoms with van der Waals surface area (Å²) in [4.78, 5) is 76.0. The van der Waals surface area contributed by atoms with Crippen molar-refractivity contribution in [2.24, 2.45) is 5.92 Å². The number of carbonyl (C=O) groups is 4. The highest BCUT2D eigenvalue weighted by Gasteiger charge is 2.39. The van der Waals surface area contributed by atoms with Gasteiger partial charge in [0.15, 0.2) is 0 Å². The third-order valence-corrected chi connectivity index (χ3v) is 11.7. The van der Waals surface area contributed by atoms with Crippen LogP contribution in [0.2, 0.25) is 0 Å². The molecule has 4 amide bonds. The molecule has 0 saturated carbocycles. The van der Waals surface area contributed by atoms with E-state index in [0.717, 1.165) is 23.8 Å². The van der Waals surface area contributed by atoms with Gasteiger partial charge < -0.3 is 39.9 Å². The Morgan fingerprint density at radius 1 is 0.774 bits per heavy atom. The van der Waals surface area contributed by atoms with Crippen molar-refractivity contribution in [3.8, 4) is 33.6 Å². The lowest BCUT2D eigenvalue weighted by atomic mass is 10.00. The summed E-state index contributed by atoms with van der Waals surface area (Å²) in [5.41, 5.74) is 5.07. The van der Waals surface area contributed by atoms with Crippen molar-refractivity contribution >= 4 is 34.9 Å². The molecule has 6 aromatic rings. The number of nitrogens with one attached hydrogen (secondary N) is 4. The third-order valence-electron chi connectivity index (χ3n) is 11.7. The molecule has 4 N–H and O–H groups in total. The summed E-state index contributed by atoms with van der Waals surface area (Å²) < 4.78 is 25.4. The predicted octanol–water partition coefficient (Wildman–Crippen LogP) is 7.63. The smallest absolute Gasteiger partial charge is 0.407 e. The fraction of sp³-hybridized carbons (Fsp3) is 0.326. The van der Waals surface area contributed by atoms with Crippen LogP contribution in [0.3, 0.4) is 0 Å². The number of likely N-dealkylation sites (tertiary alicyclic amines) is 2. The molecule has 0 aliphatic carbocycles. The standard InChI is InChI=1S/C46H48FN9O6/c1-26(2)39(53-45(59)61-3)43(57)55-18-8-12-37(55)41-49-24-35(51-41)30-16-17-32(33(47)21-30)28-14-15-29-20-31(23-48-34(29)22-28)36-25-50-42(52-36)38-13-9-19-56(38)44(58)40(54-46(60)62-4)27-10-6-5-7-11-27/h5-7,10-11,14-17,20-26,37-40H,8-9,12-13,18-19H2,1-4H3,(H,49,51)(H,50,52)(H,53,59)(H,54,60)/t37-,38-,39-,40+/m0/s1. The highest BCUT2D eigenvalue weighted by Crippen LogP contribution is 2.36. The Morgan fingerprint density at radius 2 is 1.47 bits per heavy atom. The Labute approximate surface area is 357 Å². The third kappa shape index (κ3) is 8.44. The van der Waals surface area contributed by atoms with Gasteiger partial charge in [0.1, 0.15) is 29.5 Å². The molecule has 2 aliphatic heterocycles. The fourth-order valence-electron chi connectivity index (χ4n) is 8.44. The van der Waals surface area contributed by atoms with Crippen LogP contribution in [-0.2, 0) is 19.1 Å². The van der Waals surface area contributed by atoms with Gasteiger partial charge in [-0.05, 0) is 60.9 Å². The molecule has 3 aromatic heterocycles. The Hall–Kier alpha value is -7.10. The number of benzene rings is 3. The topological polar surface area (TPSA) is 188 Å². The number of nitrogens with zero attached hydrogens (tertiary/aromatic N) is 5. The number of carbonyl (C=O) groups excluding carboxylic acids is 4. The molecule has 0 spiro atoms. The first-order valence-electron chi connectivity index (χ1n) is 20.7. The van der Waals surface area contributed by atoms with Crippen LogP contribution in [0.15, 0.2) is 91.4 Å². The highest BCUT2D eigenvalue weighted by atomic mass is 19.1. The maximum Gasteiger partial charge on any atom is 0.407 e. The number of halogens is 1. The minimum absolute atomic E-state index is 0.155. The summed E-state index contributed by atoms with van der Waals surface area (Å²) in [5, 5.41) is 6.20. The molecule has 0 radical (unpaired) electrons. The average molecular weight is 842 g/mol. The van der Waals surface area contributed by atoms with Gasteiger partial charge in [0.2, 0.25) is 5.91 Å². The van der Waals surface area contributed by atoms with Crippen LogP contribution in [0.5, 0.6) is 0 Å². The number of imidazole rings is 2. The van der Waals surface area contributed by atoms with Crippen LogP contribution in [0.4, 0.5) is 14.0 Å². The SMILES string of the molecule is COC(=O)N[C@H](C(=O)N1CCC[C@H]1c1ncc(-c2ccc(-c3ccc4cc(-c5c[nH]c([C@@H]6CCCN6C(=O)[C@H](NC(=O)OC)c6ccccc6)n5)cnc4c3)c(F)c2)[nH]1)C(C)C. The zero-order valence-electron chi connectivity index (χ0n) is 34.9. The number of H-pyrrole nitrogens is 2. The molecule has 320 valence electrons. The molecular formula is C46H48FN9O6. The quantitative estimate of drug-likeness (QED) is 0.102. The van der Waals surface area contributed by atoms with Gasteiger partial charge in [-0.1, -0.05) is 68.4 Å². The van der Waals surface area contributed by atoms with E-state index in [0.29, 0.717) is 76.7 Å². The average Bonchev–Trinajstić information content (AvgIpc) is 4.14. The van der Waals surface area contributed by atoms with E-state index >= 15 is 4.39 Å². The zero-order valence-corrected chi connectivity index (χ0v) is 34.9. The Bertz CT molecular complexity index is 2610. The van der Waals surface area contributed by atoms with Gasteiger partial charge in [0, 0.05) is 47.6 Å². The van der Waals surface area contributed by atoms with Crippen molar-refractivity contribution in [2.75, 3.05) is 27.3 Å². The molecule has 2 fully saturated rings. The molecule has 2 aliphatic rings. The number of aromatic nitrogens is 5. The van der Waals surface area contributed by atoms with Crippen LogP contribution in [0.25, 0.3) is 44.5 Å². The van der Waals surface area contributed by atoms with Crippen molar-refractivity contribution in [1.29, 1.82) is 0 Å². The Morgan fingerprint density at radius 3 is 2.18 bits per heavy atom. The van der Waals surface area contributed by atoms with Gasteiger partial charge in [-0.15, -0.1) is 0 Å². The number of hydrogen-bond donors (Lipinski definition) is 4. The number of aromatic amines is 2. The number of fused-ring (bicyclic) bond motifs is 1. The highest BCUT2D eigenvalue weighted by molar-refractivity contribution is 5.89. The summed E-state index contributed by atoms with van der Waals surface area (Å²) in [5.74, 6) is 0.208. The number of pyridine rings is 1. The van der Waals surface area contributed by atoms with Gasteiger partial charge in [0.25, 0.3) is 5.91 Å². The van der Waals surface area contributed by atoms with Crippen LogP contribution >= 0.6 is 0 Å². The van der Waals surface area contributed by atoms with Crippen LogP contribution in [0, 0.1) is 11.7 Å². The number of alkyl carbamates (subject to hydrolysis) is 2. The molecule has 2 saturated heterocycles. The predicted molar refractivity (Wildman–Crippen MR) is 229 cm³/mol. The zero-order chi connectivity index (χ0) is 43.5. The van der Waals surface area contributed by atoms with Gasteiger partial charge in [-0.3, -0.25) is 14.6 Å². The minimum atomic E-state index is -0.916. The molecule has 62 heavy (non-hydrogen) atoms. The normalized spacial score (nSPS) is 17.3. The minimum Gasteiger partial charge on any atom is -0.453 e. The molecule has 16 heteroatoms. The molecular weight excluding hydrogens is 794 g/mol. The lowest BCUT2D eigenvalue weighted by molar-refractivity contribution is -0.135. The van der Waals surface area contributed by atoms with E-state index in [9.17, 15) is 19.2 Å². The van der Waals surface area contributed by atoms with Crippen molar-refractivity contribution < 1.29 is 33.0 Å². The number of hydrogen-bond acceptors (Lipinski definition) is 9. The Balaban J connectivity index is 0.961. The van der Waals surface area contributed by atoms with E-state index in [2.05, 4.69) is 25.6 Å². The maximum absolute atomic E-state index is 15.9. The van der Waals surface area contributed by atoms with E-state index in [4.69, 9.17) is 19.4 Å². The number of amides is 4. The first kappa shape index (κ1) is 41.6. The molecule has 8 rings (SSSR count). The second-order valence-electron chi connectivity index (χ2n) is 15.9. The summed E-state index contributed by atoms with van der Waals surface area (Å²) >= 11 is 0. The van der Waals surface area contributed by atoms with Gasteiger partial charge >= 0.3 is 12.2 Å². The van der Waals surface area contributed by atoms with Crippen molar-refractivity contribution in [1.82, 2.24) is 45.4 Å². The Kier molecular flexibility index (Phi) is 12.0. The number of rotatable bonds is 11. The maximum atomic E-state index is 15.9. The van der Waals surface area contributed by atoms with Gasteiger partial charge in [-0.2, -0.15) is 0 Å². The monoisotopic (exact) mass is 841 g/mol. The van der Waals surface area contributed by atoms with E-state index in [1.165, 1.54) is 20.3 Å². The second-order valence-corrected chi connectivity index (χ2v) is 15.9. The molecule has 4 atom stereocenters.